The summed E-state index contributed by atoms with van der Waals surface area (Å²) >= 11 is 0. The molecular formula is C27H48O4Si. The van der Waals surface area contributed by atoms with Gasteiger partial charge in [0.05, 0.1) is 25.2 Å². The van der Waals surface area contributed by atoms with Crippen LogP contribution < -0.4 is 0 Å². The molecule has 0 radical (unpaired) electrons. The zero-order valence-electron chi connectivity index (χ0n) is 22.4. The van der Waals surface area contributed by atoms with E-state index in [2.05, 4.69) is 60.6 Å². The molecule has 0 fully saturated rings. The zero-order valence-corrected chi connectivity index (χ0v) is 23.4. The summed E-state index contributed by atoms with van der Waals surface area (Å²) in [4.78, 5) is 13.1. The third kappa shape index (κ3) is 8.00. The number of esters is 1. The van der Waals surface area contributed by atoms with Crippen LogP contribution in [0.1, 0.15) is 81.7 Å². The van der Waals surface area contributed by atoms with Crippen LogP contribution in [0, 0.1) is 11.8 Å². The van der Waals surface area contributed by atoms with E-state index < -0.39 is 13.9 Å². The second-order valence-electron chi connectivity index (χ2n) is 11.2. The van der Waals surface area contributed by atoms with Gasteiger partial charge in [0.25, 0.3) is 0 Å². The minimum absolute atomic E-state index is 0.0596. The molecule has 0 unspecified atom stereocenters. The molecule has 32 heavy (non-hydrogen) atoms. The zero-order chi connectivity index (χ0) is 24.7. The first-order valence-corrected chi connectivity index (χ1v) is 14.4. The van der Waals surface area contributed by atoms with Gasteiger partial charge in [-0.2, -0.15) is 0 Å². The van der Waals surface area contributed by atoms with Gasteiger partial charge in [-0.3, -0.25) is 4.79 Å². The van der Waals surface area contributed by atoms with Crippen molar-refractivity contribution in [3.05, 3.63) is 35.9 Å². The number of carbonyl (C=O) groups excluding carboxylic acids is 1. The molecule has 0 saturated heterocycles. The minimum atomic E-state index is -2.19. The van der Waals surface area contributed by atoms with Crippen LogP contribution in [-0.2, 0) is 25.3 Å². The third-order valence-electron chi connectivity index (χ3n) is 6.37. The molecule has 5 heteroatoms. The Labute approximate surface area is 198 Å². The van der Waals surface area contributed by atoms with E-state index in [1.54, 1.807) is 0 Å². The van der Waals surface area contributed by atoms with E-state index in [-0.39, 0.29) is 23.9 Å². The Hall–Kier alpha value is -1.17. The fourth-order valence-corrected chi connectivity index (χ4v) is 10.6. The van der Waals surface area contributed by atoms with Crippen LogP contribution in [0.15, 0.2) is 30.3 Å². The Morgan fingerprint density at radius 2 is 1.38 bits per heavy atom. The molecule has 1 aromatic rings. The van der Waals surface area contributed by atoms with E-state index >= 15 is 0 Å². The molecule has 0 N–H and O–H groups in total. The molecule has 0 aliphatic carbocycles. The van der Waals surface area contributed by atoms with Crippen LogP contribution in [0.5, 0.6) is 0 Å². The highest BCUT2D eigenvalue weighted by molar-refractivity contribution is 6.77. The number of hydrogen-bond acceptors (Lipinski definition) is 4. The van der Waals surface area contributed by atoms with Crippen LogP contribution in [0.4, 0.5) is 0 Å². The van der Waals surface area contributed by atoms with E-state index in [1.165, 1.54) is 0 Å². The summed E-state index contributed by atoms with van der Waals surface area (Å²) in [6, 6.07) is 10.2. The van der Waals surface area contributed by atoms with Gasteiger partial charge in [0.1, 0.15) is 5.60 Å². The quantitative estimate of drug-likeness (QED) is 0.239. The number of ether oxygens (including phenoxy) is 2. The molecule has 1 rings (SSSR count). The van der Waals surface area contributed by atoms with Crippen molar-refractivity contribution in [3.63, 3.8) is 0 Å². The monoisotopic (exact) mass is 464 g/mol. The van der Waals surface area contributed by atoms with Crippen LogP contribution in [0.25, 0.3) is 0 Å². The van der Waals surface area contributed by atoms with Crippen molar-refractivity contribution >= 4 is 14.3 Å². The summed E-state index contributed by atoms with van der Waals surface area (Å²) < 4.78 is 19.0. The van der Waals surface area contributed by atoms with E-state index in [0.717, 1.165) is 5.56 Å². The van der Waals surface area contributed by atoms with E-state index in [4.69, 9.17) is 13.9 Å². The summed E-state index contributed by atoms with van der Waals surface area (Å²) in [5.74, 6) is -0.506. The Morgan fingerprint density at radius 1 is 0.875 bits per heavy atom. The van der Waals surface area contributed by atoms with Crippen LogP contribution in [-0.4, -0.2) is 32.6 Å². The molecule has 0 aliphatic rings. The van der Waals surface area contributed by atoms with E-state index in [9.17, 15) is 4.79 Å². The summed E-state index contributed by atoms with van der Waals surface area (Å²) in [5.41, 5.74) is 1.94. The minimum Gasteiger partial charge on any atom is -0.460 e. The van der Waals surface area contributed by atoms with Gasteiger partial charge in [0, 0.05) is 5.92 Å². The van der Waals surface area contributed by atoms with Crippen molar-refractivity contribution in [3.8, 4) is 0 Å². The summed E-state index contributed by atoms with van der Waals surface area (Å²) in [7, 11) is -2.19. The summed E-state index contributed by atoms with van der Waals surface area (Å²) in [5, 5.41) is 0. The molecule has 0 bridgehead atoms. The van der Waals surface area contributed by atoms with E-state index in [1.807, 2.05) is 45.9 Å². The third-order valence-corrected chi connectivity index (χ3v) is 12.5. The molecule has 1 aromatic carbocycles. The molecule has 0 aliphatic heterocycles. The lowest BCUT2D eigenvalue weighted by Gasteiger charge is -2.47. The number of rotatable bonds is 12. The first-order chi connectivity index (χ1) is 14.7. The van der Waals surface area contributed by atoms with Gasteiger partial charge in [-0.05, 0) is 49.9 Å². The van der Waals surface area contributed by atoms with Crippen LogP contribution >= 0.6 is 0 Å². The topological polar surface area (TPSA) is 44.8 Å². The molecular weight excluding hydrogens is 416 g/mol. The predicted octanol–water partition coefficient (Wildman–Crippen LogP) is 7.38. The molecule has 4 nitrogen and oxygen atoms in total. The number of carbonyl (C=O) groups is 1. The SMILES string of the molecule is CC(C)[Si](O[C@H]([C@@H](C)COCc1ccccc1)[C@@H](C)C(=O)OC(C)(C)C)(C(C)C)C(C)C. The average molecular weight is 465 g/mol. The molecule has 0 spiro atoms. The second-order valence-corrected chi connectivity index (χ2v) is 16.6. The van der Waals surface area contributed by atoms with Crippen molar-refractivity contribution in [2.75, 3.05) is 6.61 Å². The Kier molecular flexibility index (Phi) is 11.1. The van der Waals surface area contributed by atoms with Crippen molar-refractivity contribution in [2.45, 2.75) is 111 Å². The fraction of sp³-hybridized carbons (Fsp3) is 0.741. The lowest BCUT2D eigenvalue weighted by molar-refractivity contribution is -0.164. The highest BCUT2D eigenvalue weighted by atomic mass is 28.4. The Morgan fingerprint density at radius 3 is 1.81 bits per heavy atom. The smallest absolute Gasteiger partial charge is 0.311 e. The predicted molar refractivity (Wildman–Crippen MR) is 136 cm³/mol. The van der Waals surface area contributed by atoms with Gasteiger partial charge >= 0.3 is 5.97 Å². The highest BCUT2D eigenvalue weighted by Crippen LogP contribution is 2.44. The van der Waals surface area contributed by atoms with Gasteiger partial charge in [0.15, 0.2) is 0 Å². The van der Waals surface area contributed by atoms with Crippen molar-refractivity contribution in [1.29, 1.82) is 0 Å². The van der Waals surface area contributed by atoms with Gasteiger partial charge < -0.3 is 13.9 Å². The maximum absolute atomic E-state index is 13.1. The number of hydrogen-bond donors (Lipinski definition) is 0. The standard InChI is InChI=1S/C27H48O4Si/c1-19(2)32(20(3)4,21(5)6)31-25(23(8)26(28)30-27(9,10)11)22(7)17-29-18-24-15-13-12-14-16-24/h12-16,19-23,25H,17-18H2,1-11H3/t22-,23+,25+/m0/s1. The van der Waals surface area contributed by atoms with Gasteiger partial charge in [-0.15, -0.1) is 0 Å². The van der Waals surface area contributed by atoms with Crippen molar-refractivity contribution in [2.24, 2.45) is 11.8 Å². The molecule has 0 saturated carbocycles. The molecule has 3 atom stereocenters. The fourth-order valence-electron chi connectivity index (χ4n) is 4.92. The average Bonchev–Trinajstić information content (AvgIpc) is 2.66. The maximum Gasteiger partial charge on any atom is 0.311 e. The summed E-state index contributed by atoms with van der Waals surface area (Å²) in [6.45, 7) is 24.6. The lowest BCUT2D eigenvalue weighted by atomic mass is 9.94. The molecule has 0 amide bonds. The largest absolute Gasteiger partial charge is 0.460 e. The summed E-state index contributed by atoms with van der Waals surface area (Å²) in [6.07, 6.45) is -0.250. The first-order valence-electron chi connectivity index (χ1n) is 12.2. The lowest BCUT2D eigenvalue weighted by Crippen LogP contribution is -2.54. The second kappa shape index (κ2) is 12.3. The Bertz CT molecular complexity index is 657. The van der Waals surface area contributed by atoms with Crippen molar-refractivity contribution in [1.82, 2.24) is 0 Å². The molecule has 0 heterocycles. The Balaban J connectivity index is 3.14. The molecule has 0 aromatic heterocycles. The van der Waals surface area contributed by atoms with Gasteiger partial charge in [-0.25, -0.2) is 0 Å². The van der Waals surface area contributed by atoms with Gasteiger partial charge in [-0.1, -0.05) is 78.8 Å². The maximum atomic E-state index is 13.1. The van der Waals surface area contributed by atoms with Crippen LogP contribution in [0.2, 0.25) is 16.6 Å². The number of benzene rings is 1. The van der Waals surface area contributed by atoms with E-state index in [0.29, 0.717) is 29.8 Å². The first kappa shape index (κ1) is 28.9. The van der Waals surface area contributed by atoms with Crippen molar-refractivity contribution < 1.29 is 18.7 Å². The van der Waals surface area contributed by atoms with Gasteiger partial charge in [0.2, 0.25) is 8.32 Å². The normalized spacial score (nSPS) is 15.8. The highest BCUT2D eigenvalue weighted by Gasteiger charge is 2.49. The molecule has 184 valence electrons. The van der Waals surface area contributed by atoms with Crippen LogP contribution in [0.3, 0.4) is 0 Å².